The Hall–Kier alpha value is -2.43. The summed E-state index contributed by atoms with van der Waals surface area (Å²) in [5.74, 6) is -0.908. The van der Waals surface area contributed by atoms with Gasteiger partial charge in [-0.05, 0) is 30.3 Å². The van der Waals surface area contributed by atoms with E-state index in [1.165, 1.54) is 18.2 Å². The van der Waals surface area contributed by atoms with Gasteiger partial charge in [-0.3, -0.25) is 4.79 Å². The first-order chi connectivity index (χ1) is 11.0. The highest BCUT2D eigenvalue weighted by Gasteiger charge is 2.25. The van der Waals surface area contributed by atoms with E-state index in [0.717, 1.165) is 6.08 Å². The van der Waals surface area contributed by atoms with Crippen LogP contribution in [0, 0.1) is 0 Å². The highest BCUT2D eigenvalue weighted by molar-refractivity contribution is 6.42. The Kier molecular flexibility index (Phi) is 4.28. The molecule has 1 aliphatic rings. The molecule has 0 radical (unpaired) electrons. The van der Waals surface area contributed by atoms with E-state index in [-0.39, 0.29) is 16.6 Å². The number of rotatable bonds is 3. The first-order valence-corrected chi connectivity index (χ1v) is 7.37. The maximum atomic E-state index is 12.2. The minimum Gasteiger partial charge on any atom is -0.402 e. The van der Waals surface area contributed by atoms with Crippen LogP contribution in [0.2, 0.25) is 10.0 Å². The smallest absolute Gasteiger partial charge is 0.363 e. The lowest BCUT2D eigenvalue weighted by Gasteiger charge is -1.99. The minimum atomic E-state index is -0.669. The van der Waals surface area contributed by atoms with Crippen LogP contribution >= 0.6 is 23.2 Å². The lowest BCUT2D eigenvalue weighted by Crippen LogP contribution is -2.06. The van der Waals surface area contributed by atoms with Crippen LogP contribution in [0.25, 0.3) is 0 Å². The van der Waals surface area contributed by atoms with Gasteiger partial charge in [0.1, 0.15) is 0 Å². The summed E-state index contributed by atoms with van der Waals surface area (Å²) in [6, 6.07) is 13.4. The molecule has 114 valence electrons. The van der Waals surface area contributed by atoms with Crippen LogP contribution in [-0.4, -0.2) is 17.7 Å². The van der Waals surface area contributed by atoms with E-state index in [1.54, 1.807) is 24.3 Å². The van der Waals surface area contributed by atoms with Crippen molar-refractivity contribution in [3.8, 4) is 0 Å². The normalized spacial score (nSPS) is 15.5. The second-order valence-electron chi connectivity index (χ2n) is 4.70. The van der Waals surface area contributed by atoms with Crippen LogP contribution < -0.4 is 0 Å². The molecule has 0 spiro atoms. The molecule has 3 rings (SSSR count). The minimum absolute atomic E-state index is 0.0556. The van der Waals surface area contributed by atoms with E-state index < -0.39 is 11.8 Å². The average molecular weight is 346 g/mol. The van der Waals surface area contributed by atoms with Crippen LogP contribution in [0.1, 0.15) is 15.9 Å². The number of cyclic esters (lactones) is 1. The maximum absolute atomic E-state index is 12.2. The molecule has 0 saturated carbocycles. The number of ketones is 1. The molecular formula is C17H9Cl2NO3. The Labute approximate surface area is 142 Å². The number of halogens is 2. The predicted molar refractivity (Wildman–Crippen MR) is 87.9 cm³/mol. The van der Waals surface area contributed by atoms with Gasteiger partial charge in [-0.1, -0.05) is 41.4 Å². The molecular weight excluding hydrogens is 337 g/mol. The van der Waals surface area contributed by atoms with Crippen molar-refractivity contribution in [3.05, 3.63) is 81.5 Å². The monoisotopic (exact) mass is 345 g/mol. The van der Waals surface area contributed by atoms with Crippen molar-refractivity contribution in [2.24, 2.45) is 4.99 Å². The second kappa shape index (κ2) is 6.36. The molecule has 0 aliphatic carbocycles. The number of benzene rings is 2. The summed E-state index contributed by atoms with van der Waals surface area (Å²) in [5, 5.41) is 0.610. The van der Waals surface area contributed by atoms with Crippen molar-refractivity contribution in [1.82, 2.24) is 0 Å². The first-order valence-electron chi connectivity index (χ1n) is 6.62. The summed E-state index contributed by atoms with van der Waals surface area (Å²) in [6.45, 7) is 0. The molecule has 2 aromatic rings. The number of hydrogen-bond acceptors (Lipinski definition) is 4. The molecule has 4 nitrogen and oxygen atoms in total. The third kappa shape index (κ3) is 3.33. The summed E-state index contributed by atoms with van der Waals surface area (Å²) in [7, 11) is 0. The van der Waals surface area contributed by atoms with E-state index in [9.17, 15) is 9.59 Å². The van der Waals surface area contributed by atoms with Crippen molar-refractivity contribution >= 4 is 40.9 Å². The van der Waals surface area contributed by atoms with Crippen molar-refractivity contribution in [3.63, 3.8) is 0 Å². The average Bonchev–Trinajstić information content (AvgIpc) is 2.92. The van der Waals surface area contributed by atoms with Gasteiger partial charge in [0.15, 0.2) is 11.5 Å². The number of ether oxygens (including phenoxy) is 1. The van der Waals surface area contributed by atoms with Crippen LogP contribution in [0.15, 0.2) is 65.3 Å². The van der Waals surface area contributed by atoms with E-state index >= 15 is 0 Å². The fraction of sp³-hybridized carbons (Fsp3) is 0. The molecule has 0 atom stereocenters. The topological polar surface area (TPSA) is 55.7 Å². The zero-order chi connectivity index (χ0) is 16.4. The van der Waals surface area contributed by atoms with E-state index in [2.05, 4.69) is 4.99 Å². The zero-order valence-electron chi connectivity index (χ0n) is 11.6. The lowest BCUT2D eigenvalue weighted by molar-refractivity contribution is -0.130. The first kappa shape index (κ1) is 15.5. The van der Waals surface area contributed by atoms with Crippen molar-refractivity contribution < 1.29 is 14.3 Å². The number of carbonyl (C=O) groups excluding carboxylic acids is 2. The van der Waals surface area contributed by atoms with E-state index in [1.807, 2.05) is 6.07 Å². The maximum Gasteiger partial charge on any atom is 0.363 e. The lowest BCUT2D eigenvalue weighted by atomic mass is 10.1. The van der Waals surface area contributed by atoms with Gasteiger partial charge in [0.05, 0.1) is 10.0 Å². The van der Waals surface area contributed by atoms with Gasteiger partial charge >= 0.3 is 5.97 Å². The number of allylic oxidation sites excluding steroid dienone is 1. The molecule has 0 aromatic heterocycles. The van der Waals surface area contributed by atoms with Gasteiger partial charge in [0.2, 0.25) is 5.90 Å². The molecule has 0 amide bonds. The van der Waals surface area contributed by atoms with E-state index in [4.69, 9.17) is 27.9 Å². The molecule has 0 saturated heterocycles. The summed E-state index contributed by atoms with van der Waals surface area (Å²) < 4.78 is 5.08. The molecule has 0 fully saturated rings. The second-order valence-corrected chi connectivity index (χ2v) is 5.51. The van der Waals surface area contributed by atoms with Gasteiger partial charge in [-0.25, -0.2) is 9.79 Å². The van der Waals surface area contributed by atoms with Crippen molar-refractivity contribution in [1.29, 1.82) is 0 Å². The highest BCUT2D eigenvalue weighted by Crippen LogP contribution is 2.24. The summed E-state index contributed by atoms with van der Waals surface area (Å²) in [5.41, 5.74) is 0.911. The number of esters is 1. The Bertz CT molecular complexity index is 857. The van der Waals surface area contributed by atoms with Crippen LogP contribution in [0.5, 0.6) is 0 Å². The number of carbonyl (C=O) groups is 2. The molecule has 1 aliphatic heterocycles. The van der Waals surface area contributed by atoms with Gasteiger partial charge in [-0.2, -0.15) is 0 Å². The SMILES string of the molecule is O=C1OC(c2ccccc2)=N/C1=C\C(=O)c1ccc(Cl)c(Cl)c1. The summed E-state index contributed by atoms with van der Waals surface area (Å²) >= 11 is 11.7. The quantitative estimate of drug-likeness (QED) is 0.478. The van der Waals surface area contributed by atoms with Crippen molar-refractivity contribution in [2.75, 3.05) is 0 Å². The predicted octanol–water partition coefficient (Wildman–Crippen LogP) is 4.06. The number of hydrogen-bond donors (Lipinski definition) is 0. The molecule has 6 heteroatoms. The molecule has 23 heavy (non-hydrogen) atoms. The fourth-order valence-electron chi connectivity index (χ4n) is 1.97. The zero-order valence-corrected chi connectivity index (χ0v) is 13.1. The highest BCUT2D eigenvalue weighted by atomic mass is 35.5. The third-order valence-corrected chi connectivity index (χ3v) is 3.85. The molecule has 1 heterocycles. The summed E-state index contributed by atoms with van der Waals surface area (Å²) in [4.78, 5) is 28.1. The Morgan fingerprint density at radius 1 is 1.04 bits per heavy atom. The fourth-order valence-corrected chi connectivity index (χ4v) is 2.27. The molecule has 2 aromatic carbocycles. The Balaban J connectivity index is 1.89. The Morgan fingerprint density at radius 3 is 2.48 bits per heavy atom. The third-order valence-electron chi connectivity index (χ3n) is 3.11. The Morgan fingerprint density at radius 2 is 1.78 bits per heavy atom. The van der Waals surface area contributed by atoms with Gasteiger partial charge in [0, 0.05) is 17.2 Å². The standard InChI is InChI=1S/C17H9Cl2NO3/c18-12-7-6-11(8-13(12)19)15(21)9-14-17(22)23-16(20-14)10-4-2-1-3-5-10/h1-9H/b14-9-. The van der Waals surface area contributed by atoms with Gasteiger partial charge in [-0.15, -0.1) is 0 Å². The van der Waals surface area contributed by atoms with Gasteiger partial charge < -0.3 is 4.74 Å². The largest absolute Gasteiger partial charge is 0.402 e. The van der Waals surface area contributed by atoms with Crippen LogP contribution in [0.3, 0.4) is 0 Å². The number of aliphatic imine (C=N–C) groups is 1. The molecule has 0 N–H and O–H groups in total. The molecule has 0 bridgehead atoms. The van der Waals surface area contributed by atoms with Crippen LogP contribution in [-0.2, 0) is 9.53 Å². The summed E-state index contributed by atoms with van der Waals surface area (Å²) in [6.07, 6.45) is 1.12. The molecule has 0 unspecified atom stereocenters. The van der Waals surface area contributed by atoms with Crippen LogP contribution in [0.4, 0.5) is 0 Å². The van der Waals surface area contributed by atoms with Gasteiger partial charge in [0.25, 0.3) is 0 Å². The number of nitrogens with zero attached hydrogens (tertiary/aromatic N) is 1. The van der Waals surface area contributed by atoms with E-state index in [0.29, 0.717) is 16.1 Å². The van der Waals surface area contributed by atoms with Crippen molar-refractivity contribution in [2.45, 2.75) is 0 Å².